The summed E-state index contributed by atoms with van der Waals surface area (Å²) in [6.45, 7) is 0. The Bertz CT molecular complexity index is 283. The minimum atomic E-state index is 0.720. The van der Waals surface area contributed by atoms with Crippen LogP contribution in [-0.2, 0) is 0 Å². The Morgan fingerprint density at radius 1 is 1.56 bits per heavy atom. The molecular formula is C5H3N4. The molecule has 2 aromatic heterocycles. The van der Waals surface area contributed by atoms with E-state index in [1.165, 1.54) is 0 Å². The summed E-state index contributed by atoms with van der Waals surface area (Å²) in [5.74, 6) is 0. The summed E-state index contributed by atoms with van der Waals surface area (Å²) in [7, 11) is 0. The predicted molar refractivity (Wildman–Crippen MR) is 29.6 cm³/mol. The van der Waals surface area contributed by atoms with Crippen molar-refractivity contribution in [3.05, 3.63) is 24.9 Å². The normalized spacial score (nSPS) is 10.2. The van der Waals surface area contributed by atoms with E-state index in [4.69, 9.17) is 0 Å². The first-order valence-corrected chi connectivity index (χ1v) is 2.48. The lowest BCUT2D eigenvalue weighted by Gasteiger charge is -1.82. The molecule has 0 atom stereocenters. The third-order valence-electron chi connectivity index (χ3n) is 1.04. The van der Waals surface area contributed by atoms with E-state index in [2.05, 4.69) is 21.4 Å². The molecule has 2 rings (SSSR count). The molecule has 43 valence electrons. The minimum Gasteiger partial charge on any atom is -0.277 e. The Morgan fingerprint density at radius 3 is 3.44 bits per heavy atom. The van der Waals surface area contributed by atoms with Gasteiger partial charge < -0.3 is 0 Å². The third kappa shape index (κ3) is 0.561. The first kappa shape index (κ1) is 4.43. The van der Waals surface area contributed by atoms with Crippen LogP contribution in [0.25, 0.3) is 5.65 Å². The maximum atomic E-state index is 3.81. The van der Waals surface area contributed by atoms with Crippen molar-refractivity contribution in [2.75, 3.05) is 0 Å². The second kappa shape index (κ2) is 1.51. The van der Waals surface area contributed by atoms with Gasteiger partial charge in [-0.05, 0) is 0 Å². The van der Waals surface area contributed by atoms with E-state index in [1.54, 1.807) is 23.1 Å². The molecule has 0 aromatic carbocycles. The zero-order chi connectivity index (χ0) is 6.10. The third-order valence-corrected chi connectivity index (χ3v) is 1.04. The smallest absolute Gasteiger partial charge is 0.179 e. The summed E-state index contributed by atoms with van der Waals surface area (Å²) in [5, 5.41) is 7.38. The molecule has 0 saturated heterocycles. The molecule has 0 fully saturated rings. The second-order valence-corrected chi connectivity index (χ2v) is 1.60. The average molecular weight is 119 g/mol. The fraction of sp³-hybridized carbons (Fsp3) is 0. The predicted octanol–water partition coefficient (Wildman–Crippen LogP) is -0.0755. The molecule has 4 nitrogen and oxygen atoms in total. The first-order chi connectivity index (χ1) is 4.47. The molecule has 0 N–H and O–H groups in total. The molecule has 0 saturated carbocycles. The standard InChI is InChI=1S/C5H3N4/c1-2-9-4-7-8-5(9)3-6-1/h1,3-4H. The molecule has 2 aromatic rings. The first-order valence-electron chi connectivity index (χ1n) is 2.48. The number of aromatic nitrogens is 4. The highest BCUT2D eigenvalue weighted by Gasteiger charge is 1.88. The van der Waals surface area contributed by atoms with Crippen LogP contribution in [0.4, 0.5) is 0 Å². The highest BCUT2D eigenvalue weighted by molar-refractivity contribution is 5.30. The molecule has 0 bridgehead atoms. The summed E-state index contributed by atoms with van der Waals surface area (Å²) < 4.78 is 1.67. The zero-order valence-electron chi connectivity index (χ0n) is 4.52. The quantitative estimate of drug-likeness (QED) is 0.487. The molecule has 2 heterocycles. The minimum absolute atomic E-state index is 0.720. The van der Waals surface area contributed by atoms with E-state index < -0.39 is 0 Å². The van der Waals surface area contributed by atoms with Crippen LogP contribution in [0.1, 0.15) is 0 Å². The second-order valence-electron chi connectivity index (χ2n) is 1.60. The van der Waals surface area contributed by atoms with E-state index >= 15 is 0 Å². The highest BCUT2D eigenvalue weighted by atomic mass is 15.2. The van der Waals surface area contributed by atoms with Crippen molar-refractivity contribution >= 4 is 5.65 Å². The van der Waals surface area contributed by atoms with E-state index in [-0.39, 0.29) is 0 Å². The van der Waals surface area contributed by atoms with Crippen molar-refractivity contribution < 1.29 is 0 Å². The molecule has 0 unspecified atom stereocenters. The lowest BCUT2D eigenvalue weighted by atomic mass is 10.7. The number of nitrogens with zero attached hydrogens (tertiary/aromatic N) is 4. The van der Waals surface area contributed by atoms with Gasteiger partial charge in [-0.3, -0.25) is 9.38 Å². The largest absolute Gasteiger partial charge is 0.277 e. The van der Waals surface area contributed by atoms with E-state index in [0.717, 1.165) is 5.65 Å². The van der Waals surface area contributed by atoms with Gasteiger partial charge in [0.25, 0.3) is 0 Å². The Morgan fingerprint density at radius 2 is 2.56 bits per heavy atom. The fourth-order valence-corrected chi connectivity index (χ4v) is 0.631. The summed E-state index contributed by atoms with van der Waals surface area (Å²) in [6.07, 6.45) is 7.59. The molecular weight excluding hydrogens is 116 g/mol. The molecule has 0 aliphatic carbocycles. The summed E-state index contributed by atoms with van der Waals surface area (Å²) in [4.78, 5) is 3.81. The van der Waals surface area contributed by atoms with Gasteiger partial charge in [0.2, 0.25) is 0 Å². The van der Waals surface area contributed by atoms with Gasteiger partial charge in [0.05, 0.1) is 18.6 Å². The van der Waals surface area contributed by atoms with Gasteiger partial charge in [0.1, 0.15) is 6.33 Å². The SMILES string of the molecule is [c]1cncc2nncn12. The van der Waals surface area contributed by atoms with Crippen LogP contribution in [0.3, 0.4) is 0 Å². The van der Waals surface area contributed by atoms with Gasteiger partial charge in [0, 0.05) is 0 Å². The molecule has 9 heavy (non-hydrogen) atoms. The van der Waals surface area contributed by atoms with Crippen LogP contribution in [-0.4, -0.2) is 19.6 Å². The molecule has 0 amide bonds. The zero-order valence-corrected chi connectivity index (χ0v) is 4.52. The summed E-state index contributed by atoms with van der Waals surface area (Å²) in [5.41, 5.74) is 0.720. The van der Waals surface area contributed by atoms with Crippen LogP contribution in [0.2, 0.25) is 0 Å². The molecule has 4 heteroatoms. The fourth-order valence-electron chi connectivity index (χ4n) is 0.631. The van der Waals surface area contributed by atoms with Crippen LogP contribution in [0.5, 0.6) is 0 Å². The van der Waals surface area contributed by atoms with E-state index in [1.807, 2.05) is 0 Å². The van der Waals surface area contributed by atoms with Crippen molar-refractivity contribution in [2.24, 2.45) is 0 Å². The summed E-state index contributed by atoms with van der Waals surface area (Å²) >= 11 is 0. The van der Waals surface area contributed by atoms with Crippen molar-refractivity contribution in [1.82, 2.24) is 19.6 Å². The Balaban J connectivity index is 2.95. The van der Waals surface area contributed by atoms with Crippen molar-refractivity contribution in [3.8, 4) is 0 Å². The van der Waals surface area contributed by atoms with Crippen molar-refractivity contribution in [3.63, 3.8) is 0 Å². The van der Waals surface area contributed by atoms with Crippen LogP contribution >= 0.6 is 0 Å². The van der Waals surface area contributed by atoms with E-state index in [9.17, 15) is 0 Å². The van der Waals surface area contributed by atoms with Crippen molar-refractivity contribution in [1.29, 1.82) is 0 Å². The molecule has 0 aliphatic heterocycles. The van der Waals surface area contributed by atoms with Gasteiger partial charge in [-0.15, -0.1) is 10.2 Å². The lowest BCUT2D eigenvalue weighted by Crippen LogP contribution is -1.81. The van der Waals surface area contributed by atoms with Crippen molar-refractivity contribution in [2.45, 2.75) is 0 Å². The van der Waals surface area contributed by atoms with Crippen LogP contribution in [0, 0.1) is 6.20 Å². The van der Waals surface area contributed by atoms with Gasteiger partial charge in [-0.1, -0.05) is 0 Å². The maximum absolute atomic E-state index is 3.81. The number of hydrogen-bond acceptors (Lipinski definition) is 3. The van der Waals surface area contributed by atoms with Gasteiger partial charge >= 0.3 is 0 Å². The molecule has 1 radical (unpaired) electrons. The maximum Gasteiger partial charge on any atom is 0.179 e. The highest BCUT2D eigenvalue weighted by Crippen LogP contribution is 1.90. The van der Waals surface area contributed by atoms with Crippen LogP contribution < -0.4 is 0 Å². The monoisotopic (exact) mass is 119 g/mol. The number of fused-ring (bicyclic) bond motifs is 1. The Hall–Kier alpha value is -1.45. The Labute approximate surface area is 51.2 Å². The lowest BCUT2D eigenvalue weighted by molar-refractivity contribution is 1.09. The van der Waals surface area contributed by atoms with Gasteiger partial charge in [-0.2, -0.15) is 0 Å². The van der Waals surface area contributed by atoms with Crippen LogP contribution in [0.15, 0.2) is 18.7 Å². The number of rotatable bonds is 0. The topological polar surface area (TPSA) is 43.1 Å². The average Bonchev–Trinajstić information content (AvgIpc) is 2.33. The molecule has 0 aliphatic rings. The van der Waals surface area contributed by atoms with E-state index in [0.29, 0.717) is 0 Å². The van der Waals surface area contributed by atoms with Gasteiger partial charge in [-0.25, -0.2) is 0 Å². The molecule has 0 spiro atoms. The number of hydrogen-bond donors (Lipinski definition) is 0. The summed E-state index contributed by atoms with van der Waals surface area (Å²) in [6, 6.07) is 0. The van der Waals surface area contributed by atoms with Gasteiger partial charge in [0.15, 0.2) is 5.65 Å². The Kier molecular flexibility index (Phi) is 0.745.